The van der Waals surface area contributed by atoms with E-state index in [1.54, 1.807) is 48.5 Å². The van der Waals surface area contributed by atoms with Gasteiger partial charge in [0, 0.05) is 29.6 Å². The lowest BCUT2D eigenvalue weighted by Crippen LogP contribution is -2.15. The molecule has 2 aromatic heterocycles. The number of hydrogen-bond donors (Lipinski definition) is 1. The first kappa shape index (κ1) is 17.5. The Morgan fingerprint density at radius 2 is 1.79 bits per heavy atom. The normalized spacial score (nSPS) is 10.5. The van der Waals surface area contributed by atoms with Crippen LogP contribution in [0.15, 0.2) is 85.2 Å². The quantitative estimate of drug-likeness (QED) is 0.572. The zero-order valence-corrected chi connectivity index (χ0v) is 15.2. The Balaban J connectivity index is 1.70. The highest BCUT2D eigenvalue weighted by molar-refractivity contribution is 6.04. The summed E-state index contributed by atoms with van der Waals surface area (Å²) >= 11 is 0. The first-order valence-corrected chi connectivity index (χ1v) is 8.76. The van der Waals surface area contributed by atoms with E-state index in [-0.39, 0.29) is 5.91 Å². The summed E-state index contributed by atoms with van der Waals surface area (Å²) in [7, 11) is 1.59. The molecule has 0 aliphatic carbocycles. The minimum Gasteiger partial charge on any atom is -0.497 e. The third-order valence-corrected chi connectivity index (χ3v) is 4.26. The number of amides is 1. The van der Waals surface area contributed by atoms with E-state index in [9.17, 15) is 4.79 Å². The van der Waals surface area contributed by atoms with Gasteiger partial charge in [0.2, 0.25) is 0 Å². The van der Waals surface area contributed by atoms with Crippen molar-refractivity contribution in [3.05, 3.63) is 90.8 Å². The number of carbonyl (C=O) groups is 1. The van der Waals surface area contributed by atoms with Crippen LogP contribution in [0, 0.1) is 0 Å². The van der Waals surface area contributed by atoms with Crippen LogP contribution < -0.4 is 10.1 Å². The van der Waals surface area contributed by atoms with Crippen molar-refractivity contribution in [2.75, 3.05) is 12.4 Å². The fraction of sp³-hybridized carbons (Fsp3) is 0.0455. The summed E-state index contributed by atoms with van der Waals surface area (Å²) in [6, 6.07) is 22.2. The monoisotopic (exact) mass is 370 g/mol. The van der Waals surface area contributed by atoms with Crippen LogP contribution in [0.3, 0.4) is 0 Å². The van der Waals surface area contributed by atoms with Crippen LogP contribution in [0.2, 0.25) is 0 Å². The van der Waals surface area contributed by atoms with Crippen LogP contribution >= 0.6 is 0 Å². The Labute approximate surface area is 162 Å². The lowest BCUT2D eigenvalue weighted by atomic mass is 10.2. The fourth-order valence-corrected chi connectivity index (χ4v) is 2.82. The highest BCUT2D eigenvalue weighted by Crippen LogP contribution is 2.25. The van der Waals surface area contributed by atoms with E-state index < -0.39 is 0 Å². The summed E-state index contributed by atoms with van der Waals surface area (Å²) in [6.07, 6.45) is 3.46. The number of nitrogens with zero attached hydrogens (tertiary/aromatic N) is 3. The van der Waals surface area contributed by atoms with Crippen molar-refractivity contribution in [2.24, 2.45) is 0 Å². The lowest BCUT2D eigenvalue weighted by molar-refractivity contribution is 0.102. The van der Waals surface area contributed by atoms with Gasteiger partial charge >= 0.3 is 0 Å². The molecule has 4 aromatic rings. The molecule has 0 bridgehead atoms. The number of para-hydroxylation sites is 1. The molecule has 0 spiro atoms. The summed E-state index contributed by atoms with van der Waals surface area (Å²) in [4.78, 5) is 16.9. The van der Waals surface area contributed by atoms with E-state index in [1.807, 2.05) is 48.5 Å². The van der Waals surface area contributed by atoms with Crippen LogP contribution in [-0.2, 0) is 0 Å². The third-order valence-electron chi connectivity index (χ3n) is 4.26. The van der Waals surface area contributed by atoms with Crippen molar-refractivity contribution in [3.63, 3.8) is 0 Å². The van der Waals surface area contributed by atoms with Gasteiger partial charge in [-0.2, -0.15) is 5.10 Å². The number of aromatic nitrogens is 3. The van der Waals surface area contributed by atoms with Crippen LogP contribution in [0.4, 0.5) is 5.82 Å². The molecule has 0 fully saturated rings. The smallest absolute Gasteiger partial charge is 0.256 e. The number of benzene rings is 2. The van der Waals surface area contributed by atoms with E-state index in [1.165, 1.54) is 0 Å². The third kappa shape index (κ3) is 3.61. The maximum atomic E-state index is 12.7. The summed E-state index contributed by atoms with van der Waals surface area (Å²) in [5.41, 5.74) is 2.98. The fourth-order valence-electron chi connectivity index (χ4n) is 2.82. The van der Waals surface area contributed by atoms with E-state index in [0.717, 1.165) is 16.9 Å². The summed E-state index contributed by atoms with van der Waals surface area (Å²) < 4.78 is 6.86. The highest BCUT2D eigenvalue weighted by atomic mass is 16.5. The van der Waals surface area contributed by atoms with Crippen molar-refractivity contribution in [1.29, 1.82) is 0 Å². The lowest BCUT2D eigenvalue weighted by Gasteiger charge is -2.09. The molecular formula is C22H18N4O2. The zero-order valence-electron chi connectivity index (χ0n) is 15.2. The van der Waals surface area contributed by atoms with Gasteiger partial charge in [0.25, 0.3) is 5.91 Å². The number of rotatable bonds is 5. The molecule has 6 heteroatoms. The number of anilines is 1. The van der Waals surface area contributed by atoms with Gasteiger partial charge in [0.15, 0.2) is 0 Å². The number of ether oxygens (including phenoxy) is 1. The molecular weight excluding hydrogens is 352 g/mol. The standard InChI is InChI=1S/C22H18N4O2/c1-28-19-11-9-16(10-12-19)22(27)24-21-14-20(17-6-5-13-23-15-17)25-26(21)18-7-3-2-4-8-18/h2-15H,1H3,(H,24,27). The molecule has 0 aliphatic rings. The SMILES string of the molecule is COc1ccc(C(=O)Nc2cc(-c3cccnc3)nn2-c2ccccc2)cc1. The number of nitrogens with one attached hydrogen (secondary N) is 1. The van der Waals surface area contributed by atoms with Crippen molar-refractivity contribution >= 4 is 11.7 Å². The predicted octanol–water partition coefficient (Wildman–Crippen LogP) is 4.20. The van der Waals surface area contributed by atoms with E-state index in [4.69, 9.17) is 4.74 Å². The van der Waals surface area contributed by atoms with Crippen molar-refractivity contribution in [1.82, 2.24) is 14.8 Å². The Bertz CT molecular complexity index is 1070. The molecule has 0 aliphatic heterocycles. The molecule has 0 saturated carbocycles. The van der Waals surface area contributed by atoms with Crippen LogP contribution in [-0.4, -0.2) is 27.8 Å². The van der Waals surface area contributed by atoms with Gasteiger partial charge in [-0.3, -0.25) is 9.78 Å². The molecule has 2 aromatic carbocycles. The average Bonchev–Trinajstić information content (AvgIpc) is 3.19. The number of methoxy groups -OCH3 is 1. The largest absolute Gasteiger partial charge is 0.497 e. The second-order valence-corrected chi connectivity index (χ2v) is 6.09. The number of hydrogen-bond acceptors (Lipinski definition) is 4. The van der Waals surface area contributed by atoms with Crippen LogP contribution in [0.1, 0.15) is 10.4 Å². The zero-order chi connectivity index (χ0) is 19.3. The van der Waals surface area contributed by atoms with Crippen molar-refractivity contribution in [2.45, 2.75) is 0 Å². The van der Waals surface area contributed by atoms with Gasteiger partial charge in [-0.25, -0.2) is 4.68 Å². The molecule has 28 heavy (non-hydrogen) atoms. The molecule has 0 unspecified atom stereocenters. The maximum absolute atomic E-state index is 12.7. The molecule has 1 N–H and O–H groups in total. The first-order chi connectivity index (χ1) is 13.7. The Morgan fingerprint density at radius 1 is 1.00 bits per heavy atom. The Morgan fingerprint density at radius 3 is 2.46 bits per heavy atom. The van der Waals surface area contributed by atoms with Gasteiger partial charge in [0.1, 0.15) is 11.6 Å². The summed E-state index contributed by atoms with van der Waals surface area (Å²) in [5.74, 6) is 1.05. The minimum absolute atomic E-state index is 0.225. The van der Waals surface area contributed by atoms with E-state index in [0.29, 0.717) is 17.1 Å². The summed E-state index contributed by atoms with van der Waals surface area (Å²) in [6.45, 7) is 0. The molecule has 2 heterocycles. The molecule has 0 atom stereocenters. The van der Waals surface area contributed by atoms with Crippen LogP contribution in [0.25, 0.3) is 16.9 Å². The van der Waals surface area contributed by atoms with Crippen LogP contribution in [0.5, 0.6) is 5.75 Å². The summed E-state index contributed by atoms with van der Waals surface area (Å²) in [5, 5.41) is 7.62. The molecule has 0 saturated heterocycles. The minimum atomic E-state index is -0.225. The molecule has 138 valence electrons. The topological polar surface area (TPSA) is 69.0 Å². The average molecular weight is 370 g/mol. The predicted molar refractivity (Wildman–Crippen MR) is 108 cm³/mol. The highest BCUT2D eigenvalue weighted by Gasteiger charge is 2.15. The molecule has 0 radical (unpaired) electrons. The van der Waals surface area contributed by atoms with Gasteiger partial charge < -0.3 is 10.1 Å². The Hall–Kier alpha value is -3.93. The first-order valence-electron chi connectivity index (χ1n) is 8.76. The second-order valence-electron chi connectivity index (χ2n) is 6.09. The molecule has 1 amide bonds. The van der Waals surface area contributed by atoms with Crippen molar-refractivity contribution in [3.8, 4) is 22.7 Å². The van der Waals surface area contributed by atoms with Gasteiger partial charge in [0.05, 0.1) is 18.5 Å². The molecule has 4 rings (SSSR count). The van der Waals surface area contributed by atoms with Gasteiger partial charge in [-0.15, -0.1) is 0 Å². The van der Waals surface area contributed by atoms with Gasteiger partial charge in [-0.05, 0) is 48.5 Å². The second kappa shape index (κ2) is 7.75. The van der Waals surface area contributed by atoms with Gasteiger partial charge in [-0.1, -0.05) is 18.2 Å². The maximum Gasteiger partial charge on any atom is 0.256 e. The van der Waals surface area contributed by atoms with E-state index in [2.05, 4.69) is 15.4 Å². The van der Waals surface area contributed by atoms with E-state index >= 15 is 0 Å². The molecule has 6 nitrogen and oxygen atoms in total. The van der Waals surface area contributed by atoms with Crippen molar-refractivity contribution < 1.29 is 9.53 Å². The number of pyridine rings is 1. The number of carbonyl (C=O) groups excluding carboxylic acids is 1. The Kier molecular flexibility index (Phi) is 4.84.